The van der Waals surface area contributed by atoms with Crippen molar-refractivity contribution in [3.63, 3.8) is 0 Å². The zero-order valence-electron chi connectivity index (χ0n) is 28.9. The van der Waals surface area contributed by atoms with Crippen molar-refractivity contribution >= 4 is 41.4 Å². The highest BCUT2D eigenvalue weighted by Gasteiger charge is 2.27. The normalized spacial score (nSPS) is 14.7. The second-order valence-corrected chi connectivity index (χ2v) is 14.3. The van der Waals surface area contributed by atoms with Crippen LogP contribution >= 0.6 is 11.8 Å². The van der Waals surface area contributed by atoms with Gasteiger partial charge in [-0.05, 0) is 77.7 Å². The van der Waals surface area contributed by atoms with E-state index in [1.165, 1.54) is 11.8 Å². The molecule has 10 nitrogen and oxygen atoms in total. The van der Waals surface area contributed by atoms with Gasteiger partial charge in [0.15, 0.2) is 0 Å². The molecule has 0 saturated carbocycles. The first-order valence-electron chi connectivity index (χ1n) is 16.9. The Balaban J connectivity index is 1.89. The zero-order chi connectivity index (χ0) is 33.6. The van der Waals surface area contributed by atoms with E-state index in [0.29, 0.717) is 64.9 Å². The largest absolute Gasteiger partial charge is 0.465 e. The Hall–Kier alpha value is -2.69. The van der Waals surface area contributed by atoms with Gasteiger partial charge in [0.25, 0.3) is 5.91 Å². The van der Waals surface area contributed by atoms with E-state index in [1.807, 2.05) is 34.6 Å². The standard InChI is InChI=1S/C34H59N5O5S/c1-8-11-14-25(9-2)23-43-27(40)18-22-45-29-24(4)28(31(36)41)32(37-30(29)35)39-20-16-26(17-21-39)15-12-13-19-38(10-3)33(42)44-34(5,6)7/h25-26H,8-23H2,1-7H3,(H2,35,37)(H2,36,41). The highest BCUT2D eigenvalue weighted by atomic mass is 32.2. The fourth-order valence-corrected chi connectivity index (χ4v) is 6.68. The van der Waals surface area contributed by atoms with Gasteiger partial charge in [0.05, 0.1) is 23.5 Å². The maximum Gasteiger partial charge on any atom is 0.410 e. The summed E-state index contributed by atoms with van der Waals surface area (Å²) < 4.78 is 11.0. The molecule has 0 aliphatic carbocycles. The van der Waals surface area contributed by atoms with E-state index in [-0.39, 0.29) is 18.5 Å². The Morgan fingerprint density at radius 3 is 2.38 bits per heavy atom. The molecule has 1 atom stereocenters. The molecule has 0 spiro atoms. The van der Waals surface area contributed by atoms with Crippen molar-refractivity contribution in [2.75, 3.05) is 49.2 Å². The first-order chi connectivity index (χ1) is 21.3. The lowest BCUT2D eigenvalue weighted by Gasteiger charge is -2.34. The second kappa shape index (κ2) is 19.1. The number of carbonyl (C=O) groups excluding carboxylic acids is 3. The van der Waals surface area contributed by atoms with Gasteiger partial charge >= 0.3 is 12.1 Å². The number of unbranched alkanes of at least 4 members (excludes halogenated alkanes) is 2. The van der Waals surface area contributed by atoms with Gasteiger partial charge < -0.3 is 30.7 Å². The van der Waals surface area contributed by atoms with E-state index < -0.39 is 11.5 Å². The molecule has 1 aromatic heterocycles. The molecular formula is C34H59N5O5S. The third-order valence-electron chi connectivity index (χ3n) is 8.46. The fraction of sp³-hybridized carbons (Fsp3) is 0.765. The second-order valence-electron chi connectivity index (χ2n) is 13.2. The lowest BCUT2D eigenvalue weighted by atomic mass is 9.91. The van der Waals surface area contributed by atoms with Crippen LogP contribution in [0.1, 0.15) is 122 Å². The predicted octanol–water partition coefficient (Wildman–Crippen LogP) is 6.96. The number of pyridine rings is 1. The van der Waals surface area contributed by atoms with Gasteiger partial charge in [-0.15, -0.1) is 11.8 Å². The minimum Gasteiger partial charge on any atom is -0.465 e. The number of hydrogen-bond acceptors (Lipinski definition) is 9. The van der Waals surface area contributed by atoms with E-state index in [2.05, 4.69) is 23.7 Å². The van der Waals surface area contributed by atoms with E-state index >= 15 is 0 Å². The van der Waals surface area contributed by atoms with Gasteiger partial charge in [-0.1, -0.05) is 46.0 Å². The molecule has 11 heteroatoms. The third kappa shape index (κ3) is 12.9. The minimum atomic E-state index is -0.526. The number of primary amides is 1. The number of rotatable bonds is 18. The number of hydrogen-bond donors (Lipinski definition) is 2. The summed E-state index contributed by atoms with van der Waals surface area (Å²) >= 11 is 1.42. The van der Waals surface area contributed by atoms with Crippen molar-refractivity contribution in [2.24, 2.45) is 17.6 Å². The van der Waals surface area contributed by atoms with Crippen LogP contribution in [0.15, 0.2) is 4.90 Å². The van der Waals surface area contributed by atoms with Crippen molar-refractivity contribution < 1.29 is 23.9 Å². The average Bonchev–Trinajstić information content (AvgIpc) is 2.97. The molecule has 2 amide bonds. The molecule has 4 N–H and O–H groups in total. The molecule has 2 rings (SSSR count). The summed E-state index contributed by atoms with van der Waals surface area (Å²) in [6.07, 6.45) is 9.39. The third-order valence-corrected chi connectivity index (χ3v) is 9.67. The van der Waals surface area contributed by atoms with Crippen LogP contribution in [-0.2, 0) is 14.3 Å². The Morgan fingerprint density at radius 2 is 1.80 bits per heavy atom. The lowest BCUT2D eigenvalue weighted by molar-refractivity contribution is -0.144. The summed E-state index contributed by atoms with van der Waals surface area (Å²) in [6, 6.07) is 0. The number of nitrogens with zero attached hydrogens (tertiary/aromatic N) is 3. The van der Waals surface area contributed by atoms with E-state index in [9.17, 15) is 14.4 Å². The Kier molecular flexibility index (Phi) is 16.3. The topological polar surface area (TPSA) is 141 Å². The summed E-state index contributed by atoms with van der Waals surface area (Å²) in [5.74, 6) is 1.61. The van der Waals surface area contributed by atoms with Crippen LogP contribution in [0, 0.1) is 18.8 Å². The van der Waals surface area contributed by atoms with Crippen LogP contribution in [0.2, 0.25) is 0 Å². The maximum absolute atomic E-state index is 12.6. The van der Waals surface area contributed by atoms with Crippen molar-refractivity contribution in [3.05, 3.63) is 11.1 Å². The molecule has 1 saturated heterocycles. The van der Waals surface area contributed by atoms with Gasteiger partial charge in [-0.3, -0.25) is 9.59 Å². The summed E-state index contributed by atoms with van der Waals surface area (Å²) in [4.78, 5) is 46.6. The summed E-state index contributed by atoms with van der Waals surface area (Å²) in [5.41, 5.74) is 12.9. The Bertz CT molecular complexity index is 1100. The zero-order valence-corrected chi connectivity index (χ0v) is 29.7. The van der Waals surface area contributed by atoms with Gasteiger partial charge in [-0.25, -0.2) is 9.78 Å². The maximum atomic E-state index is 12.6. The number of esters is 1. The molecule has 2 heterocycles. The quantitative estimate of drug-likeness (QED) is 0.0981. The number of piperidine rings is 1. The first-order valence-corrected chi connectivity index (χ1v) is 17.9. The number of aromatic nitrogens is 1. The highest BCUT2D eigenvalue weighted by molar-refractivity contribution is 7.99. The summed E-state index contributed by atoms with van der Waals surface area (Å²) in [7, 11) is 0. The van der Waals surface area contributed by atoms with Gasteiger partial charge in [0.1, 0.15) is 17.2 Å². The monoisotopic (exact) mass is 649 g/mol. The summed E-state index contributed by atoms with van der Waals surface area (Å²) in [5, 5.41) is 0. The molecule has 1 aliphatic rings. The van der Waals surface area contributed by atoms with Crippen molar-refractivity contribution in [3.8, 4) is 0 Å². The molecule has 45 heavy (non-hydrogen) atoms. The van der Waals surface area contributed by atoms with Crippen LogP contribution in [0.25, 0.3) is 0 Å². The van der Waals surface area contributed by atoms with Crippen molar-refractivity contribution in [1.82, 2.24) is 9.88 Å². The fourth-order valence-electron chi connectivity index (χ4n) is 5.69. The van der Waals surface area contributed by atoms with E-state index in [4.69, 9.17) is 20.9 Å². The van der Waals surface area contributed by atoms with Gasteiger partial charge in [0, 0.05) is 31.9 Å². The SMILES string of the molecule is CCCCC(CC)COC(=O)CCSc1c(N)nc(N2CCC(CCCCN(CC)C(=O)OC(C)(C)C)CC2)c(C(N)=O)c1C. The molecule has 0 radical (unpaired) electrons. The first kappa shape index (κ1) is 38.5. The molecule has 1 fully saturated rings. The lowest BCUT2D eigenvalue weighted by Crippen LogP contribution is -2.37. The van der Waals surface area contributed by atoms with Crippen LogP contribution in [0.5, 0.6) is 0 Å². The molecular weight excluding hydrogens is 590 g/mol. The number of anilines is 2. The van der Waals surface area contributed by atoms with Crippen LogP contribution in [-0.4, -0.2) is 72.0 Å². The van der Waals surface area contributed by atoms with Crippen LogP contribution < -0.4 is 16.4 Å². The minimum absolute atomic E-state index is 0.220. The molecule has 0 aromatic carbocycles. The Morgan fingerprint density at radius 1 is 1.11 bits per heavy atom. The number of amides is 2. The van der Waals surface area contributed by atoms with Crippen molar-refractivity contribution in [2.45, 2.75) is 123 Å². The molecule has 256 valence electrons. The predicted molar refractivity (Wildman–Crippen MR) is 184 cm³/mol. The average molecular weight is 650 g/mol. The molecule has 1 aromatic rings. The van der Waals surface area contributed by atoms with Gasteiger partial charge in [0.2, 0.25) is 0 Å². The molecule has 0 bridgehead atoms. The van der Waals surface area contributed by atoms with E-state index in [1.54, 1.807) is 4.90 Å². The highest BCUT2D eigenvalue weighted by Crippen LogP contribution is 2.36. The number of thioether (sulfide) groups is 1. The van der Waals surface area contributed by atoms with Crippen molar-refractivity contribution in [1.29, 1.82) is 0 Å². The smallest absolute Gasteiger partial charge is 0.410 e. The Labute approximate surface area is 275 Å². The number of nitrogen functional groups attached to an aromatic ring is 1. The van der Waals surface area contributed by atoms with E-state index in [0.717, 1.165) is 70.9 Å². The number of nitrogens with two attached hydrogens (primary N) is 2. The molecule has 1 aliphatic heterocycles. The van der Waals surface area contributed by atoms with Crippen LogP contribution in [0.3, 0.4) is 0 Å². The number of ether oxygens (including phenoxy) is 2. The molecule has 1 unspecified atom stereocenters. The van der Waals surface area contributed by atoms with Crippen LogP contribution in [0.4, 0.5) is 16.4 Å². The van der Waals surface area contributed by atoms with Gasteiger partial charge in [-0.2, -0.15) is 0 Å². The summed E-state index contributed by atoms with van der Waals surface area (Å²) in [6.45, 7) is 17.1. The number of carbonyl (C=O) groups is 3.